The summed E-state index contributed by atoms with van der Waals surface area (Å²) < 4.78 is 0. The number of anilines is 1. The number of aromatic nitrogens is 1. The molecule has 0 bridgehead atoms. The molecule has 1 amide bonds. The van der Waals surface area contributed by atoms with Gasteiger partial charge in [-0.3, -0.25) is 19.9 Å². The van der Waals surface area contributed by atoms with Crippen molar-refractivity contribution in [2.45, 2.75) is 13.8 Å². The number of non-ortho nitro benzene ring substituents is 1. The zero-order chi connectivity index (χ0) is 21.3. The van der Waals surface area contributed by atoms with Gasteiger partial charge in [0.05, 0.1) is 21.7 Å². The lowest BCUT2D eigenvalue weighted by Crippen LogP contribution is -2.16. The van der Waals surface area contributed by atoms with Crippen LogP contribution in [-0.4, -0.2) is 15.8 Å². The lowest BCUT2D eigenvalue weighted by atomic mass is 9.93. The molecule has 6 heteroatoms. The Balaban J connectivity index is 1.95. The first-order valence-electron chi connectivity index (χ1n) is 9.46. The molecule has 4 rings (SSSR count). The van der Waals surface area contributed by atoms with E-state index in [2.05, 4.69) is 10.3 Å². The molecule has 1 heterocycles. The topological polar surface area (TPSA) is 85.1 Å². The van der Waals surface area contributed by atoms with Gasteiger partial charge in [-0.05, 0) is 37.6 Å². The minimum Gasteiger partial charge on any atom is -0.322 e. The lowest BCUT2D eigenvalue weighted by molar-refractivity contribution is -0.384. The number of nitrogens with zero attached hydrogens (tertiary/aromatic N) is 2. The predicted molar refractivity (Wildman–Crippen MR) is 118 cm³/mol. The summed E-state index contributed by atoms with van der Waals surface area (Å²) in [4.78, 5) is 28.8. The summed E-state index contributed by atoms with van der Waals surface area (Å²) in [7, 11) is 0. The van der Waals surface area contributed by atoms with Crippen LogP contribution >= 0.6 is 0 Å². The number of carbonyl (C=O) groups is 1. The molecule has 0 aliphatic rings. The van der Waals surface area contributed by atoms with E-state index in [-0.39, 0.29) is 11.6 Å². The molecule has 148 valence electrons. The number of hydrogen-bond acceptors (Lipinski definition) is 4. The Kier molecular flexibility index (Phi) is 4.98. The highest BCUT2D eigenvalue weighted by Crippen LogP contribution is 2.35. The standard InChI is InChI=1S/C24H19N3O3/c1-15-8-10-18(11-9-15)26-24(28)22-16(2)25-21-13-12-19(27(29)30)14-20(21)23(22)17-6-4-3-5-7-17/h3-14H,1-2H3,(H,26,28). The van der Waals surface area contributed by atoms with E-state index < -0.39 is 4.92 Å². The van der Waals surface area contributed by atoms with Gasteiger partial charge in [-0.1, -0.05) is 48.0 Å². The second-order valence-electron chi connectivity index (χ2n) is 7.09. The van der Waals surface area contributed by atoms with E-state index in [1.54, 1.807) is 13.0 Å². The largest absolute Gasteiger partial charge is 0.322 e. The minimum absolute atomic E-state index is 0.0461. The molecule has 0 saturated heterocycles. The number of aryl methyl sites for hydroxylation is 2. The molecule has 0 radical (unpaired) electrons. The van der Waals surface area contributed by atoms with Crippen LogP contribution in [-0.2, 0) is 0 Å². The van der Waals surface area contributed by atoms with E-state index in [4.69, 9.17) is 0 Å². The van der Waals surface area contributed by atoms with Crippen LogP contribution in [0.15, 0.2) is 72.8 Å². The van der Waals surface area contributed by atoms with E-state index in [1.165, 1.54) is 12.1 Å². The smallest absolute Gasteiger partial charge is 0.270 e. The fourth-order valence-corrected chi connectivity index (χ4v) is 3.50. The molecule has 0 unspecified atom stereocenters. The number of amides is 1. The summed E-state index contributed by atoms with van der Waals surface area (Å²) in [6.07, 6.45) is 0. The third kappa shape index (κ3) is 3.63. The van der Waals surface area contributed by atoms with Crippen molar-refractivity contribution in [1.82, 2.24) is 4.98 Å². The predicted octanol–water partition coefficient (Wildman–Crippen LogP) is 5.68. The zero-order valence-electron chi connectivity index (χ0n) is 16.5. The van der Waals surface area contributed by atoms with Crippen molar-refractivity contribution in [3.05, 3.63) is 99.7 Å². The Hall–Kier alpha value is -4.06. The number of benzene rings is 3. The average Bonchev–Trinajstić information content (AvgIpc) is 2.74. The van der Waals surface area contributed by atoms with Gasteiger partial charge in [-0.25, -0.2) is 0 Å². The van der Waals surface area contributed by atoms with E-state index in [0.29, 0.717) is 33.4 Å². The fourth-order valence-electron chi connectivity index (χ4n) is 3.50. The SMILES string of the molecule is Cc1ccc(NC(=O)c2c(C)nc3ccc([N+](=O)[O-])cc3c2-c2ccccc2)cc1. The van der Waals surface area contributed by atoms with Crippen molar-refractivity contribution in [3.63, 3.8) is 0 Å². The molecule has 0 fully saturated rings. The number of rotatable bonds is 4. The van der Waals surface area contributed by atoms with Crippen LogP contribution in [0.1, 0.15) is 21.6 Å². The molecule has 0 spiro atoms. The number of nitro benzene ring substituents is 1. The van der Waals surface area contributed by atoms with Gasteiger partial charge >= 0.3 is 0 Å². The van der Waals surface area contributed by atoms with Crippen molar-refractivity contribution in [3.8, 4) is 11.1 Å². The van der Waals surface area contributed by atoms with E-state index in [9.17, 15) is 14.9 Å². The van der Waals surface area contributed by atoms with Crippen molar-refractivity contribution in [2.75, 3.05) is 5.32 Å². The Morgan fingerprint density at radius 1 is 0.967 bits per heavy atom. The summed E-state index contributed by atoms with van der Waals surface area (Å²) in [5, 5.41) is 14.8. The molecule has 1 N–H and O–H groups in total. The maximum atomic E-state index is 13.3. The second-order valence-corrected chi connectivity index (χ2v) is 7.09. The van der Waals surface area contributed by atoms with Crippen molar-refractivity contribution < 1.29 is 9.72 Å². The van der Waals surface area contributed by atoms with Gasteiger partial charge in [0.2, 0.25) is 0 Å². The molecule has 4 aromatic rings. The average molecular weight is 397 g/mol. The summed E-state index contributed by atoms with van der Waals surface area (Å²) in [6.45, 7) is 3.75. The zero-order valence-corrected chi connectivity index (χ0v) is 16.5. The first-order valence-corrected chi connectivity index (χ1v) is 9.46. The van der Waals surface area contributed by atoms with Crippen LogP contribution in [0.5, 0.6) is 0 Å². The van der Waals surface area contributed by atoms with Crippen LogP contribution in [0, 0.1) is 24.0 Å². The molecule has 0 aliphatic carbocycles. The normalized spacial score (nSPS) is 10.7. The first kappa shape index (κ1) is 19.3. The van der Waals surface area contributed by atoms with Crippen LogP contribution in [0.4, 0.5) is 11.4 Å². The van der Waals surface area contributed by atoms with Crippen molar-refractivity contribution in [2.24, 2.45) is 0 Å². The highest BCUT2D eigenvalue weighted by atomic mass is 16.6. The fraction of sp³-hybridized carbons (Fsp3) is 0.0833. The minimum atomic E-state index is -0.444. The maximum absolute atomic E-state index is 13.3. The molecular formula is C24H19N3O3. The summed E-state index contributed by atoms with van der Waals surface area (Å²) in [5.74, 6) is -0.309. The van der Waals surface area contributed by atoms with Crippen molar-refractivity contribution in [1.29, 1.82) is 0 Å². The third-order valence-electron chi connectivity index (χ3n) is 4.96. The highest BCUT2D eigenvalue weighted by molar-refractivity contribution is 6.14. The van der Waals surface area contributed by atoms with Gasteiger partial charge in [0.1, 0.15) is 0 Å². The molecular weight excluding hydrogens is 378 g/mol. The number of hydrogen-bond donors (Lipinski definition) is 1. The van der Waals surface area contributed by atoms with Crippen molar-refractivity contribution >= 4 is 28.2 Å². The van der Waals surface area contributed by atoms with Gasteiger partial charge in [0.25, 0.3) is 11.6 Å². The van der Waals surface area contributed by atoms with Gasteiger partial charge in [0.15, 0.2) is 0 Å². The van der Waals surface area contributed by atoms with E-state index in [1.807, 2.05) is 61.5 Å². The van der Waals surface area contributed by atoms with Gasteiger partial charge in [0, 0.05) is 28.8 Å². The van der Waals surface area contributed by atoms with Gasteiger partial charge in [-0.2, -0.15) is 0 Å². The Labute approximate surface area is 173 Å². The van der Waals surface area contributed by atoms with E-state index >= 15 is 0 Å². The van der Waals surface area contributed by atoms with E-state index in [0.717, 1.165) is 11.1 Å². The number of nitro groups is 1. The Bertz CT molecular complexity index is 1270. The quantitative estimate of drug-likeness (QED) is 0.355. The first-order chi connectivity index (χ1) is 14.4. The molecule has 6 nitrogen and oxygen atoms in total. The summed E-state index contributed by atoms with van der Waals surface area (Å²) in [6, 6.07) is 21.4. The van der Waals surface area contributed by atoms with Crippen LogP contribution in [0.25, 0.3) is 22.0 Å². The summed E-state index contributed by atoms with van der Waals surface area (Å²) >= 11 is 0. The van der Waals surface area contributed by atoms with Crippen LogP contribution in [0.2, 0.25) is 0 Å². The van der Waals surface area contributed by atoms with Gasteiger partial charge in [-0.15, -0.1) is 0 Å². The molecule has 3 aromatic carbocycles. The molecule has 0 saturated carbocycles. The molecule has 0 atom stereocenters. The van der Waals surface area contributed by atoms with Crippen LogP contribution in [0.3, 0.4) is 0 Å². The Morgan fingerprint density at radius 3 is 2.33 bits per heavy atom. The van der Waals surface area contributed by atoms with Crippen LogP contribution < -0.4 is 5.32 Å². The second kappa shape index (κ2) is 7.75. The molecule has 0 aliphatic heterocycles. The number of carbonyl (C=O) groups excluding carboxylic acids is 1. The summed E-state index contributed by atoms with van der Waals surface area (Å²) in [5.41, 5.74) is 4.69. The monoisotopic (exact) mass is 397 g/mol. The Morgan fingerprint density at radius 2 is 1.67 bits per heavy atom. The molecule has 1 aromatic heterocycles. The third-order valence-corrected chi connectivity index (χ3v) is 4.96. The maximum Gasteiger partial charge on any atom is 0.270 e. The molecule has 30 heavy (non-hydrogen) atoms. The van der Waals surface area contributed by atoms with Gasteiger partial charge < -0.3 is 5.32 Å². The highest BCUT2D eigenvalue weighted by Gasteiger charge is 2.22. The number of pyridine rings is 1. The number of nitrogens with one attached hydrogen (secondary N) is 1. The number of fused-ring (bicyclic) bond motifs is 1. The lowest BCUT2D eigenvalue weighted by Gasteiger charge is -2.16.